The molecule has 2 N–H and O–H groups in total. The van der Waals surface area contributed by atoms with Crippen LogP contribution in [0.1, 0.15) is 10.4 Å². The normalized spacial score (nSPS) is 11.7. The highest BCUT2D eigenvalue weighted by Gasteiger charge is 2.11. The van der Waals surface area contributed by atoms with Crippen LogP contribution in [0.3, 0.4) is 0 Å². The summed E-state index contributed by atoms with van der Waals surface area (Å²) < 4.78 is 0. The Labute approximate surface area is 125 Å². The lowest BCUT2D eigenvalue weighted by molar-refractivity contribution is 0.0919. The molecule has 0 heterocycles. The van der Waals surface area contributed by atoms with Gasteiger partial charge in [0, 0.05) is 31.4 Å². The van der Waals surface area contributed by atoms with Crippen molar-refractivity contribution in [3.8, 4) is 0 Å². The summed E-state index contributed by atoms with van der Waals surface area (Å²) in [5.41, 5.74) is 1.63. The molecule has 2 aromatic carbocycles. The van der Waals surface area contributed by atoms with Crippen LogP contribution in [-0.4, -0.2) is 37.3 Å². The quantitative estimate of drug-likeness (QED) is 0.852. The van der Waals surface area contributed by atoms with Crippen LogP contribution >= 0.6 is 0 Å². The van der Waals surface area contributed by atoms with E-state index in [0.29, 0.717) is 12.1 Å². The van der Waals surface area contributed by atoms with Crippen molar-refractivity contribution in [1.29, 1.82) is 0 Å². The number of para-hydroxylation sites is 1. The largest absolute Gasteiger partial charge is 0.389 e. The molecule has 0 aliphatic carbocycles. The van der Waals surface area contributed by atoms with Crippen LogP contribution in [0.15, 0.2) is 60.7 Å². The molecular weight excluding hydrogens is 264 g/mol. The first kappa shape index (κ1) is 15.1. The Kier molecular flexibility index (Phi) is 5.35. The maximum absolute atomic E-state index is 11.9. The van der Waals surface area contributed by atoms with Gasteiger partial charge in [0.25, 0.3) is 5.91 Å². The molecule has 0 aliphatic rings. The van der Waals surface area contributed by atoms with Crippen molar-refractivity contribution < 1.29 is 9.90 Å². The second-order valence-electron chi connectivity index (χ2n) is 4.95. The fourth-order valence-corrected chi connectivity index (χ4v) is 2.07. The number of hydrogen-bond donors (Lipinski definition) is 2. The number of anilines is 1. The summed E-state index contributed by atoms with van der Waals surface area (Å²) in [5, 5.41) is 12.8. The molecule has 110 valence electrons. The minimum absolute atomic E-state index is 0.169. The Hall–Kier alpha value is -2.33. The van der Waals surface area contributed by atoms with Gasteiger partial charge in [-0.05, 0) is 24.3 Å². The summed E-state index contributed by atoms with van der Waals surface area (Å²) in [5.74, 6) is -0.169. The summed E-state index contributed by atoms with van der Waals surface area (Å²) in [6.07, 6.45) is -0.622. The number of carbonyl (C=O) groups excluding carboxylic acids is 1. The van der Waals surface area contributed by atoms with Crippen molar-refractivity contribution in [3.63, 3.8) is 0 Å². The van der Waals surface area contributed by atoms with Crippen LogP contribution in [0.5, 0.6) is 0 Å². The first-order valence-corrected chi connectivity index (χ1v) is 6.94. The van der Waals surface area contributed by atoms with Gasteiger partial charge in [0.05, 0.1) is 6.10 Å². The summed E-state index contributed by atoms with van der Waals surface area (Å²) in [7, 11) is 1.91. The van der Waals surface area contributed by atoms with Crippen molar-refractivity contribution in [3.05, 3.63) is 66.2 Å². The van der Waals surface area contributed by atoms with E-state index in [0.717, 1.165) is 5.69 Å². The Morgan fingerprint density at radius 1 is 1.10 bits per heavy atom. The standard InChI is InChI=1S/C17H20N2O2/c1-19(15-10-6-3-7-11-15)13-16(20)12-18-17(21)14-8-4-2-5-9-14/h2-11,16,20H,12-13H2,1H3,(H,18,21). The Bertz CT molecular complexity index is 558. The molecule has 21 heavy (non-hydrogen) atoms. The van der Waals surface area contributed by atoms with E-state index in [2.05, 4.69) is 5.32 Å². The van der Waals surface area contributed by atoms with Crippen LogP contribution in [-0.2, 0) is 0 Å². The number of benzene rings is 2. The van der Waals surface area contributed by atoms with Crippen molar-refractivity contribution >= 4 is 11.6 Å². The van der Waals surface area contributed by atoms with Crippen molar-refractivity contribution in [1.82, 2.24) is 5.32 Å². The summed E-state index contributed by atoms with van der Waals surface area (Å²) in [6.45, 7) is 0.685. The summed E-state index contributed by atoms with van der Waals surface area (Å²) in [4.78, 5) is 13.8. The summed E-state index contributed by atoms with van der Waals surface area (Å²) >= 11 is 0. The minimum atomic E-state index is -0.622. The van der Waals surface area contributed by atoms with E-state index in [1.807, 2.05) is 60.5 Å². The number of rotatable bonds is 6. The fraction of sp³-hybridized carbons (Fsp3) is 0.235. The Morgan fingerprint density at radius 2 is 1.67 bits per heavy atom. The van der Waals surface area contributed by atoms with E-state index >= 15 is 0 Å². The Balaban J connectivity index is 1.80. The minimum Gasteiger partial charge on any atom is -0.389 e. The molecule has 0 aromatic heterocycles. The molecule has 0 aliphatic heterocycles. The van der Waals surface area contributed by atoms with Gasteiger partial charge in [0.15, 0.2) is 0 Å². The number of nitrogens with one attached hydrogen (secondary N) is 1. The maximum atomic E-state index is 11.9. The van der Waals surface area contributed by atoms with Gasteiger partial charge in [-0.1, -0.05) is 36.4 Å². The third-order valence-corrected chi connectivity index (χ3v) is 3.22. The summed E-state index contributed by atoms with van der Waals surface area (Å²) in [6, 6.07) is 18.8. The average molecular weight is 284 g/mol. The van der Waals surface area contributed by atoms with Gasteiger partial charge in [-0.2, -0.15) is 0 Å². The predicted molar refractivity (Wildman–Crippen MR) is 84.5 cm³/mol. The number of amides is 1. The molecule has 0 spiro atoms. The molecule has 4 heteroatoms. The zero-order valence-corrected chi connectivity index (χ0v) is 12.1. The lowest BCUT2D eigenvalue weighted by Gasteiger charge is -2.22. The third-order valence-electron chi connectivity index (χ3n) is 3.22. The lowest BCUT2D eigenvalue weighted by atomic mass is 10.2. The smallest absolute Gasteiger partial charge is 0.251 e. The molecular formula is C17H20N2O2. The number of carbonyl (C=O) groups is 1. The lowest BCUT2D eigenvalue weighted by Crippen LogP contribution is -2.38. The van der Waals surface area contributed by atoms with Gasteiger partial charge < -0.3 is 15.3 Å². The van der Waals surface area contributed by atoms with Gasteiger partial charge in [-0.25, -0.2) is 0 Å². The second-order valence-corrected chi connectivity index (χ2v) is 4.95. The molecule has 0 fully saturated rings. The first-order valence-electron chi connectivity index (χ1n) is 6.94. The topological polar surface area (TPSA) is 52.6 Å². The molecule has 1 atom stereocenters. The van der Waals surface area contributed by atoms with Crippen molar-refractivity contribution in [2.24, 2.45) is 0 Å². The molecule has 0 radical (unpaired) electrons. The SMILES string of the molecule is CN(CC(O)CNC(=O)c1ccccc1)c1ccccc1. The van der Waals surface area contributed by atoms with Crippen LogP contribution in [0, 0.1) is 0 Å². The van der Waals surface area contributed by atoms with Crippen molar-refractivity contribution in [2.75, 3.05) is 25.0 Å². The van der Waals surface area contributed by atoms with E-state index in [4.69, 9.17) is 0 Å². The fourth-order valence-electron chi connectivity index (χ4n) is 2.07. The molecule has 1 unspecified atom stereocenters. The van der Waals surface area contributed by atoms with E-state index < -0.39 is 6.10 Å². The molecule has 4 nitrogen and oxygen atoms in total. The monoisotopic (exact) mass is 284 g/mol. The highest BCUT2D eigenvalue weighted by molar-refractivity contribution is 5.94. The maximum Gasteiger partial charge on any atom is 0.251 e. The second kappa shape index (κ2) is 7.45. The molecule has 1 amide bonds. The van der Waals surface area contributed by atoms with Crippen LogP contribution in [0.4, 0.5) is 5.69 Å². The van der Waals surface area contributed by atoms with Gasteiger partial charge >= 0.3 is 0 Å². The van der Waals surface area contributed by atoms with E-state index in [1.165, 1.54) is 0 Å². The number of aliphatic hydroxyl groups excluding tert-OH is 1. The molecule has 0 bridgehead atoms. The highest BCUT2D eigenvalue weighted by atomic mass is 16.3. The van der Waals surface area contributed by atoms with Crippen molar-refractivity contribution in [2.45, 2.75) is 6.10 Å². The number of likely N-dealkylation sites (N-methyl/N-ethyl adjacent to an activating group) is 1. The Morgan fingerprint density at radius 3 is 2.29 bits per heavy atom. The van der Waals surface area contributed by atoms with Gasteiger partial charge in [0.1, 0.15) is 0 Å². The highest BCUT2D eigenvalue weighted by Crippen LogP contribution is 2.10. The van der Waals surface area contributed by atoms with E-state index in [9.17, 15) is 9.90 Å². The zero-order valence-electron chi connectivity index (χ0n) is 12.1. The van der Waals surface area contributed by atoms with E-state index in [-0.39, 0.29) is 12.5 Å². The third kappa shape index (κ3) is 4.61. The zero-order chi connectivity index (χ0) is 15.1. The van der Waals surface area contributed by atoms with E-state index in [1.54, 1.807) is 12.1 Å². The number of aliphatic hydroxyl groups is 1. The predicted octanol–water partition coefficient (Wildman–Crippen LogP) is 1.91. The number of nitrogens with zero attached hydrogens (tertiary/aromatic N) is 1. The van der Waals surface area contributed by atoms with Gasteiger partial charge in [-0.3, -0.25) is 4.79 Å². The van der Waals surface area contributed by atoms with Gasteiger partial charge in [0.2, 0.25) is 0 Å². The molecule has 0 saturated heterocycles. The molecule has 2 aromatic rings. The number of hydrogen-bond acceptors (Lipinski definition) is 3. The molecule has 2 rings (SSSR count). The van der Waals surface area contributed by atoms with Gasteiger partial charge in [-0.15, -0.1) is 0 Å². The molecule has 0 saturated carbocycles. The first-order chi connectivity index (χ1) is 10.2. The van der Waals surface area contributed by atoms with Crippen LogP contribution in [0.2, 0.25) is 0 Å². The average Bonchev–Trinajstić information content (AvgIpc) is 2.54. The van der Waals surface area contributed by atoms with Crippen LogP contribution < -0.4 is 10.2 Å². The van der Waals surface area contributed by atoms with Crippen LogP contribution in [0.25, 0.3) is 0 Å².